The third-order valence-electron chi connectivity index (χ3n) is 2.41. The van der Waals surface area contributed by atoms with E-state index in [1.54, 1.807) is 11.8 Å². The predicted octanol–water partition coefficient (Wildman–Crippen LogP) is 1.47. The molecule has 0 saturated heterocycles. The van der Waals surface area contributed by atoms with Crippen molar-refractivity contribution in [3.05, 3.63) is 0 Å². The largest absolute Gasteiger partial charge is 0.465 e. The van der Waals surface area contributed by atoms with Gasteiger partial charge in [-0.1, -0.05) is 0 Å². The van der Waals surface area contributed by atoms with E-state index in [0.29, 0.717) is 6.61 Å². The summed E-state index contributed by atoms with van der Waals surface area (Å²) in [7, 11) is 0. The Morgan fingerprint density at radius 3 is 2.92 bits per heavy atom. The number of ether oxygens (including phenoxy) is 1. The zero-order valence-electron chi connectivity index (χ0n) is 7.71. The molecule has 1 saturated carbocycles. The van der Waals surface area contributed by atoms with Crippen LogP contribution in [0.3, 0.4) is 0 Å². The van der Waals surface area contributed by atoms with Gasteiger partial charge in [0.1, 0.15) is 5.41 Å². The standard InChI is InChI=1S/C9H13NO2S/c1-2-12-8(11)9(3-4-9)7-10-5-6-13-7/h2-6H2,1H3. The first-order chi connectivity index (χ1) is 6.29. The van der Waals surface area contributed by atoms with Gasteiger partial charge in [0.25, 0.3) is 0 Å². The molecule has 4 heteroatoms. The number of nitrogens with zero attached hydrogens (tertiary/aromatic N) is 1. The van der Waals surface area contributed by atoms with Crippen LogP contribution in [-0.4, -0.2) is 29.9 Å². The fourth-order valence-electron chi connectivity index (χ4n) is 1.52. The normalized spacial score (nSPS) is 23.9. The molecule has 0 spiro atoms. The molecule has 1 fully saturated rings. The summed E-state index contributed by atoms with van der Waals surface area (Å²) in [5.41, 5.74) is -0.308. The van der Waals surface area contributed by atoms with E-state index in [0.717, 1.165) is 30.2 Å². The summed E-state index contributed by atoms with van der Waals surface area (Å²) < 4.78 is 5.05. The van der Waals surface area contributed by atoms with E-state index in [1.165, 1.54) is 0 Å². The Bertz CT molecular complexity index is 258. The molecule has 0 radical (unpaired) electrons. The van der Waals surface area contributed by atoms with Gasteiger partial charge in [-0.15, -0.1) is 11.8 Å². The molecular formula is C9H13NO2S. The molecule has 0 atom stereocenters. The molecule has 0 amide bonds. The maximum Gasteiger partial charge on any atom is 0.318 e. The van der Waals surface area contributed by atoms with E-state index in [4.69, 9.17) is 4.74 Å². The van der Waals surface area contributed by atoms with Gasteiger partial charge in [0.15, 0.2) is 0 Å². The molecule has 2 rings (SSSR count). The Kier molecular flexibility index (Phi) is 2.32. The van der Waals surface area contributed by atoms with Crippen LogP contribution in [0.15, 0.2) is 4.99 Å². The lowest BCUT2D eigenvalue weighted by molar-refractivity contribution is -0.146. The first-order valence-corrected chi connectivity index (χ1v) is 5.63. The maximum atomic E-state index is 11.6. The average molecular weight is 199 g/mol. The zero-order valence-corrected chi connectivity index (χ0v) is 8.52. The first-order valence-electron chi connectivity index (χ1n) is 4.64. The quantitative estimate of drug-likeness (QED) is 0.646. The smallest absolute Gasteiger partial charge is 0.318 e. The van der Waals surface area contributed by atoms with Crippen LogP contribution in [0.2, 0.25) is 0 Å². The van der Waals surface area contributed by atoms with Crippen LogP contribution in [0.25, 0.3) is 0 Å². The van der Waals surface area contributed by atoms with Gasteiger partial charge in [-0.2, -0.15) is 0 Å². The number of aliphatic imine (C=N–C) groups is 1. The van der Waals surface area contributed by atoms with Gasteiger partial charge in [-0.05, 0) is 19.8 Å². The lowest BCUT2D eigenvalue weighted by atomic mass is 10.1. The second kappa shape index (κ2) is 3.33. The highest BCUT2D eigenvalue weighted by Crippen LogP contribution is 2.51. The Morgan fingerprint density at radius 2 is 2.46 bits per heavy atom. The van der Waals surface area contributed by atoms with E-state index in [-0.39, 0.29) is 11.4 Å². The summed E-state index contributed by atoms with van der Waals surface area (Å²) in [6.45, 7) is 3.18. The second-order valence-corrected chi connectivity index (χ2v) is 4.42. The van der Waals surface area contributed by atoms with E-state index < -0.39 is 0 Å². The second-order valence-electron chi connectivity index (χ2n) is 3.34. The summed E-state index contributed by atoms with van der Waals surface area (Å²) in [6.07, 6.45) is 1.86. The van der Waals surface area contributed by atoms with Crippen LogP contribution in [0.5, 0.6) is 0 Å². The SMILES string of the molecule is CCOC(=O)C1(C2=NCCS2)CC1. The fraction of sp³-hybridized carbons (Fsp3) is 0.778. The van der Waals surface area contributed by atoms with Crippen molar-refractivity contribution < 1.29 is 9.53 Å². The maximum absolute atomic E-state index is 11.6. The number of carbonyl (C=O) groups excluding carboxylic acids is 1. The molecule has 72 valence electrons. The number of thioether (sulfide) groups is 1. The summed E-state index contributed by atoms with van der Waals surface area (Å²) in [5.74, 6) is 0.958. The average Bonchev–Trinajstić information content (AvgIpc) is 2.76. The number of hydrogen-bond acceptors (Lipinski definition) is 4. The number of esters is 1. The Hall–Kier alpha value is -0.510. The molecule has 2 aliphatic rings. The molecular weight excluding hydrogens is 186 g/mol. The molecule has 0 aromatic rings. The van der Waals surface area contributed by atoms with Crippen molar-refractivity contribution in [2.45, 2.75) is 19.8 Å². The van der Waals surface area contributed by atoms with E-state index >= 15 is 0 Å². The van der Waals surface area contributed by atoms with Crippen LogP contribution < -0.4 is 0 Å². The van der Waals surface area contributed by atoms with Crippen molar-refractivity contribution in [3.8, 4) is 0 Å². The minimum absolute atomic E-state index is 0.0665. The van der Waals surface area contributed by atoms with E-state index in [9.17, 15) is 4.79 Å². The van der Waals surface area contributed by atoms with Crippen molar-refractivity contribution in [3.63, 3.8) is 0 Å². The molecule has 1 heterocycles. The Balaban J connectivity index is 2.07. The van der Waals surface area contributed by atoms with Crippen LogP contribution >= 0.6 is 11.8 Å². The summed E-state index contributed by atoms with van der Waals surface area (Å²) in [5, 5.41) is 1.02. The van der Waals surface area contributed by atoms with Gasteiger partial charge in [0.2, 0.25) is 0 Å². The molecule has 0 bridgehead atoms. The van der Waals surface area contributed by atoms with Crippen LogP contribution in [0.4, 0.5) is 0 Å². The van der Waals surface area contributed by atoms with Crippen LogP contribution in [-0.2, 0) is 9.53 Å². The summed E-state index contributed by atoms with van der Waals surface area (Å²) in [4.78, 5) is 15.9. The fourth-order valence-corrected chi connectivity index (χ4v) is 2.65. The van der Waals surface area contributed by atoms with Crippen LogP contribution in [0.1, 0.15) is 19.8 Å². The zero-order chi connectivity index (χ0) is 9.31. The molecule has 0 aromatic carbocycles. The van der Waals surface area contributed by atoms with Crippen LogP contribution in [0, 0.1) is 5.41 Å². The molecule has 3 nitrogen and oxygen atoms in total. The van der Waals surface area contributed by atoms with Gasteiger partial charge < -0.3 is 4.74 Å². The number of hydrogen-bond donors (Lipinski definition) is 0. The highest BCUT2D eigenvalue weighted by atomic mass is 32.2. The molecule has 1 aliphatic carbocycles. The monoisotopic (exact) mass is 199 g/mol. The molecule has 13 heavy (non-hydrogen) atoms. The Morgan fingerprint density at radius 1 is 1.69 bits per heavy atom. The molecule has 1 aliphatic heterocycles. The Labute approximate surface area is 81.9 Å². The highest BCUT2D eigenvalue weighted by Gasteiger charge is 2.56. The van der Waals surface area contributed by atoms with Gasteiger partial charge in [-0.25, -0.2) is 0 Å². The number of carbonyl (C=O) groups is 1. The summed E-state index contributed by atoms with van der Waals surface area (Å²) in [6, 6.07) is 0. The predicted molar refractivity (Wildman–Crippen MR) is 53.1 cm³/mol. The third kappa shape index (κ3) is 1.47. The van der Waals surface area contributed by atoms with Crippen molar-refractivity contribution in [2.24, 2.45) is 10.4 Å². The third-order valence-corrected chi connectivity index (χ3v) is 3.59. The molecule has 0 aromatic heterocycles. The van der Waals surface area contributed by atoms with Gasteiger partial charge in [-0.3, -0.25) is 9.79 Å². The van der Waals surface area contributed by atoms with Crippen molar-refractivity contribution in [1.82, 2.24) is 0 Å². The molecule has 0 unspecified atom stereocenters. The lowest BCUT2D eigenvalue weighted by Gasteiger charge is -2.12. The lowest BCUT2D eigenvalue weighted by Crippen LogP contribution is -2.25. The van der Waals surface area contributed by atoms with E-state index in [1.807, 2.05) is 6.92 Å². The van der Waals surface area contributed by atoms with Gasteiger partial charge in [0, 0.05) is 12.3 Å². The number of rotatable bonds is 3. The molecule has 0 N–H and O–H groups in total. The van der Waals surface area contributed by atoms with E-state index in [2.05, 4.69) is 4.99 Å². The highest BCUT2D eigenvalue weighted by molar-refractivity contribution is 8.14. The van der Waals surface area contributed by atoms with Crippen molar-refractivity contribution in [2.75, 3.05) is 18.9 Å². The van der Waals surface area contributed by atoms with Crippen molar-refractivity contribution in [1.29, 1.82) is 0 Å². The topological polar surface area (TPSA) is 38.7 Å². The van der Waals surface area contributed by atoms with Crippen molar-refractivity contribution >= 4 is 22.8 Å². The summed E-state index contributed by atoms with van der Waals surface area (Å²) >= 11 is 1.72. The minimum Gasteiger partial charge on any atom is -0.465 e. The van der Waals surface area contributed by atoms with Gasteiger partial charge >= 0.3 is 5.97 Å². The first kappa shape index (κ1) is 9.06. The minimum atomic E-state index is -0.308. The van der Waals surface area contributed by atoms with Gasteiger partial charge in [0.05, 0.1) is 11.7 Å².